The monoisotopic (exact) mass is 195 g/mol. The molecule has 0 bridgehead atoms. The number of fused-ring (bicyclic) bond motifs is 1. The molecule has 0 unspecified atom stereocenters. The van der Waals surface area contributed by atoms with Gasteiger partial charge in [0, 0.05) is 5.02 Å². The highest BCUT2D eigenvalue weighted by atomic mass is 35.5. The summed E-state index contributed by atoms with van der Waals surface area (Å²) in [6.07, 6.45) is 0. The molecular formula is C9H6ClNO2. The van der Waals surface area contributed by atoms with Crippen LogP contribution in [0.4, 0.5) is 5.69 Å². The lowest BCUT2D eigenvalue weighted by Crippen LogP contribution is -2.10. The summed E-state index contributed by atoms with van der Waals surface area (Å²) >= 11 is 5.74. The van der Waals surface area contributed by atoms with Crippen LogP contribution in [0.1, 0.15) is 10.4 Å². The summed E-state index contributed by atoms with van der Waals surface area (Å²) in [5.74, 6) is -0.0859. The van der Waals surface area contributed by atoms with Crippen molar-refractivity contribution in [2.45, 2.75) is 0 Å². The van der Waals surface area contributed by atoms with Crippen LogP contribution in [0.15, 0.2) is 23.2 Å². The zero-order valence-corrected chi connectivity index (χ0v) is 7.63. The fourth-order valence-electron chi connectivity index (χ4n) is 1.20. The maximum atomic E-state index is 11.5. The molecule has 66 valence electrons. The maximum Gasteiger partial charge on any atom is 0.263 e. The van der Waals surface area contributed by atoms with Crippen LogP contribution < -0.4 is 0 Å². The zero-order chi connectivity index (χ0) is 9.42. The molecule has 0 aliphatic carbocycles. The van der Waals surface area contributed by atoms with Gasteiger partial charge in [0.1, 0.15) is 0 Å². The minimum atomic E-state index is -0.208. The molecule has 0 spiro atoms. The fourth-order valence-corrected chi connectivity index (χ4v) is 1.37. The van der Waals surface area contributed by atoms with Gasteiger partial charge in [-0.05, 0) is 18.2 Å². The molecule has 4 heteroatoms. The van der Waals surface area contributed by atoms with E-state index in [0.29, 0.717) is 16.3 Å². The Morgan fingerprint density at radius 2 is 2.23 bits per heavy atom. The average molecular weight is 196 g/mol. The zero-order valence-electron chi connectivity index (χ0n) is 6.87. The molecule has 2 rings (SSSR count). The molecule has 1 aromatic rings. The van der Waals surface area contributed by atoms with Crippen molar-refractivity contribution in [3.63, 3.8) is 0 Å². The maximum absolute atomic E-state index is 11.5. The summed E-state index contributed by atoms with van der Waals surface area (Å²) in [7, 11) is 1.42. The molecule has 0 saturated heterocycles. The number of ether oxygens (including phenoxy) is 1. The summed E-state index contributed by atoms with van der Waals surface area (Å²) < 4.78 is 4.80. The predicted molar refractivity (Wildman–Crippen MR) is 49.9 cm³/mol. The number of halogens is 1. The highest BCUT2D eigenvalue weighted by Gasteiger charge is 2.25. The molecule has 0 fully saturated rings. The molecule has 1 aromatic carbocycles. The lowest BCUT2D eigenvalue weighted by molar-refractivity contribution is 0.104. The first-order chi connectivity index (χ1) is 6.22. The molecule has 0 saturated carbocycles. The van der Waals surface area contributed by atoms with E-state index < -0.39 is 0 Å². The summed E-state index contributed by atoms with van der Waals surface area (Å²) in [4.78, 5) is 15.4. The second-order valence-electron chi connectivity index (χ2n) is 2.61. The number of carbonyl (C=O) groups is 1. The number of rotatable bonds is 0. The topological polar surface area (TPSA) is 38.7 Å². The summed E-state index contributed by atoms with van der Waals surface area (Å²) in [6, 6.07) is 4.98. The van der Waals surface area contributed by atoms with Crippen LogP contribution in [-0.4, -0.2) is 18.8 Å². The molecule has 13 heavy (non-hydrogen) atoms. The third-order valence-corrected chi connectivity index (χ3v) is 2.05. The number of nitrogens with zero attached hydrogens (tertiary/aromatic N) is 1. The molecule has 0 aromatic heterocycles. The van der Waals surface area contributed by atoms with Gasteiger partial charge in [-0.3, -0.25) is 4.79 Å². The standard InChI is InChI=1S/C9H6ClNO2/c1-13-9-8(12)6-4-5(10)2-3-7(6)11-9/h2-4H,1H3. The van der Waals surface area contributed by atoms with E-state index in [2.05, 4.69) is 4.99 Å². The van der Waals surface area contributed by atoms with Crippen molar-refractivity contribution in [2.24, 2.45) is 4.99 Å². The SMILES string of the molecule is COC1=Nc2ccc(Cl)cc2C1=O. The van der Waals surface area contributed by atoms with Crippen LogP contribution in [0.5, 0.6) is 0 Å². The van der Waals surface area contributed by atoms with Crippen LogP contribution in [0.3, 0.4) is 0 Å². The third-order valence-electron chi connectivity index (χ3n) is 1.81. The van der Waals surface area contributed by atoms with Gasteiger partial charge in [-0.2, -0.15) is 0 Å². The van der Waals surface area contributed by atoms with E-state index in [1.165, 1.54) is 7.11 Å². The molecule has 3 nitrogen and oxygen atoms in total. The van der Waals surface area contributed by atoms with Crippen LogP contribution in [-0.2, 0) is 4.74 Å². The van der Waals surface area contributed by atoms with E-state index in [1.54, 1.807) is 18.2 Å². The van der Waals surface area contributed by atoms with Crippen LogP contribution in [0.25, 0.3) is 0 Å². The van der Waals surface area contributed by atoms with Crippen LogP contribution >= 0.6 is 11.6 Å². The predicted octanol–water partition coefficient (Wildman–Crippen LogP) is 2.21. The van der Waals surface area contributed by atoms with Gasteiger partial charge >= 0.3 is 0 Å². The fraction of sp³-hybridized carbons (Fsp3) is 0.111. The molecule has 0 N–H and O–H groups in total. The smallest absolute Gasteiger partial charge is 0.263 e. The Labute approximate surface area is 80.0 Å². The lowest BCUT2D eigenvalue weighted by atomic mass is 10.1. The van der Waals surface area contributed by atoms with Gasteiger partial charge in [-0.1, -0.05) is 11.6 Å². The van der Waals surface area contributed by atoms with E-state index in [9.17, 15) is 4.79 Å². The summed E-state index contributed by atoms with van der Waals surface area (Å²) in [6.45, 7) is 0. The van der Waals surface area contributed by atoms with E-state index in [0.717, 1.165) is 0 Å². The van der Waals surface area contributed by atoms with Gasteiger partial charge in [0.15, 0.2) is 0 Å². The van der Waals surface area contributed by atoms with Crippen molar-refractivity contribution >= 4 is 29.0 Å². The van der Waals surface area contributed by atoms with Crippen LogP contribution in [0.2, 0.25) is 5.02 Å². The second-order valence-corrected chi connectivity index (χ2v) is 3.05. The van der Waals surface area contributed by atoms with Crippen molar-refractivity contribution < 1.29 is 9.53 Å². The first-order valence-corrected chi connectivity index (χ1v) is 4.07. The molecule has 1 aliphatic rings. The number of methoxy groups -OCH3 is 1. The minimum Gasteiger partial charge on any atom is -0.478 e. The molecule has 0 radical (unpaired) electrons. The van der Waals surface area contributed by atoms with E-state index in [-0.39, 0.29) is 11.7 Å². The van der Waals surface area contributed by atoms with Crippen molar-refractivity contribution in [3.8, 4) is 0 Å². The highest BCUT2D eigenvalue weighted by molar-refractivity contribution is 6.47. The summed E-state index contributed by atoms with van der Waals surface area (Å²) in [5.41, 5.74) is 1.12. The molecular weight excluding hydrogens is 190 g/mol. The molecule has 0 amide bonds. The Morgan fingerprint density at radius 1 is 1.46 bits per heavy atom. The number of carbonyl (C=O) groups excluding carboxylic acids is 1. The largest absolute Gasteiger partial charge is 0.478 e. The van der Waals surface area contributed by atoms with Gasteiger partial charge in [0.2, 0.25) is 5.78 Å². The third kappa shape index (κ3) is 1.21. The number of hydrogen-bond acceptors (Lipinski definition) is 3. The summed E-state index contributed by atoms with van der Waals surface area (Å²) in [5, 5.41) is 0.527. The highest BCUT2D eigenvalue weighted by Crippen LogP contribution is 2.29. The van der Waals surface area contributed by atoms with Gasteiger partial charge < -0.3 is 4.74 Å². The van der Waals surface area contributed by atoms with Gasteiger partial charge in [-0.15, -0.1) is 0 Å². The quantitative estimate of drug-likeness (QED) is 0.637. The van der Waals surface area contributed by atoms with Crippen molar-refractivity contribution in [1.82, 2.24) is 0 Å². The van der Waals surface area contributed by atoms with Gasteiger partial charge in [0.25, 0.3) is 5.90 Å². The Bertz CT molecular complexity index is 412. The van der Waals surface area contributed by atoms with Gasteiger partial charge in [0.05, 0.1) is 18.4 Å². The van der Waals surface area contributed by atoms with Crippen LogP contribution in [0, 0.1) is 0 Å². The second kappa shape index (κ2) is 2.85. The first-order valence-electron chi connectivity index (χ1n) is 3.69. The molecule has 1 aliphatic heterocycles. The van der Waals surface area contributed by atoms with Crippen molar-refractivity contribution in [1.29, 1.82) is 0 Å². The van der Waals surface area contributed by atoms with E-state index >= 15 is 0 Å². The lowest BCUT2D eigenvalue weighted by Gasteiger charge is -1.95. The Hall–Kier alpha value is -1.35. The van der Waals surface area contributed by atoms with E-state index in [1.807, 2.05) is 0 Å². The normalized spacial score (nSPS) is 14.0. The number of hydrogen-bond donors (Lipinski definition) is 0. The number of aliphatic imine (C=N–C) groups is 1. The van der Waals surface area contributed by atoms with Gasteiger partial charge in [-0.25, -0.2) is 4.99 Å². The first kappa shape index (κ1) is 8.26. The number of Topliss-reactive ketones (excluding diaryl/α,β-unsaturated/α-hetero) is 1. The number of ketones is 1. The average Bonchev–Trinajstić information content (AvgIpc) is 2.44. The van der Waals surface area contributed by atoms with Crippen molar-refractivity contribution in [3.05, 3.63) is 28.8 Å². The molecule has 0 atom stereocenters. The number of benzene rings is 1. The Kier molecular flexibility index (Phi) is 1.81. The van der Waals surface area contributed by atoms with Crippen molar-refractivity contribution in [2.75, 3.05) is 7.11 Å². The minimum absolute atomic E-state index is 0.122. The van der Waals surface area contributed by atoms with E-state index in [4.69, 9.17) is 16.3 Å². The Morgan fingerprint density at radius 3 is 2.92 bits per heavy atom. The Balaban J connectivity index is 2.54. The molecule has 1 heterocycles.